The molecule has 0 aliphatic carbocycles. The molecule has 5 nitrogen and oxygen atoms in total. The minimum atomic E-state index is -1.39. The van der Waals surface area contributed by atoms with E-state index in [0.717, 1.165) is 6.07 Å². The Hall–Kier alpha value is -2.32. The highest BCUT2D eigenvalue weighted by molar-refractivity contribution is 7.85. The van der Waals surface area contributed by atoms with Gasteiger partial charge in [0.1, 0.15) is 23.0 Å². The van der Waals surface area contributed by atoms with Crippen molar-refractivity contribution in [2.45, 2.75) is 69.4 Å². The monoisotopic (exact) mass is 465 g/mol. The molecule has 1 heterocycles. The van der Waals surface area contributed by atoms with Gasteiger partial charge in [-0.25, -0.2) is 13.6 Å². The first-order valence-corrected chi connectivity index (χ1v) is 11.8. The second-order valence-corrected chi connectivity index (χ2v) is 10.8. The van der Waals surface area contributed by atoms with E-state index in [1.54, 1.807) is 58.9 Å². The van der Waals surface area contributed by atoms with Crippen molar-refractivity contribution < 1.29 is 27.3 Å². The first kappa shape index (κ1) is 24.3. The third-order valence-corrected chi connectivity index (χ3v) is 6.49. The largest absolute Gasteiger partial charge is 0.444 e. The lowest BCUT2D eigenvalue weighted by Gasteiger charge is -2.35. The quantitative estimate of drug-likeness (QED) is 0.620. The van der Waals surface area contributed by atoms with Gasteiger partial charge in [0, 0.05) is 11.0 Å². The lowest BCUT2D eigenvalue weighted by atomic mass is 10.0. The molecule has 1 saturated heterocycles. The van der Waals surface area contributed by atoms with Crippen molar-refractivity contribution in [2.75, 3.05) is 5.75 Å². The van der Waals surface area contributed by atoms with E-state index in [-0.39, 0.29) is 12.2 Å². The van der Waals surface area contributed by atoms with Gasteiger partial charge in [0.25, 0.3) is 0 Å². The maximum absolute atomic E-state index is 13.8. The number of hydrogen-bond acceptors (Lipinski definition) is 4. The Morgan fingerprint density at radius 2 is 1.72 bits per heavy atom. The van der Waals surface area contributed by atoms with Crippen LogP contribution in [0.2, 0.25) is 0 Å². The molecule has 3 unspecified atom stereocenters. The van der Waals surface area contributed by atoms with Gasteiger partial charge >= 0.3 is 6.09 Å². The molecule has 32 heavy (non-hydrogen) atoms. The second-order valence-electron chi connectivity index (χ2n) is 9.33. The molecule has 0 spiro atoms. The summed E-state index contributed by atoms with van der Waals surface area (Å²) in [4.78, 5) is 15.2. The van der Waals surface area contributed by atoms with Crippen molar-refractivity contribution in [2.24, 2.45) is 0 Å². The highest BCUT2D eigenvalue weighted by Gasteiger charge is 2.51. The molecule has 1 fully saturated rings. The highest BCUT2D eigenvalue weighted by atomic mass is 32.2. The Morgan fingerprint density at radius 1 is 1.12 bits per heavy atom. The predicted molar refractivity (Wildman–Crippen MR) is 119 cm³/mol. The van der Waals surface area contributed by atoms with Gasteiger partial charge in [-0.15, -0.1) is 0 Å². The van der Waals surface area contributed by atoms with Gasteiger partial charge in [-0.05, 0) is 70.9 Å². The van der Waals surface area contributed by atoms with Crippen LogP contribution in [0.4, 0.5) is 13.6 Å². The molecule has 0 radical (unpaired) electrons. The van der Waals surface area contributed by atoms with Crippen molar-refractivity contribution in [1.82, 2.24) is 4.90 Å². The molecule has 3 atom stereocenters. The third kappa shape index (κ3) is 5.92. The molecule has 1 aliphatic rings. The second kappa shape index (κ2) is 9.27. The molecule has 2 aromatic rings. The normalized spacial score (nSPS) is 21.4. The van der Waals surface area contributed by atoms with Gasteiger partial charge < -0.3 is 9.47 Å². The topological polar surface area (TPSA) is 55.8 Å². The molecule has 174 valence electrons. The molecule has 3 rings (SSSR count). The van der Waals surface area contributed by atoms with E-state index < -0.39 is 52.0 Å². The average Bonchev–Trinajstić information content (AvgIpc) is 2.89. The first-order chi connectivity index (χ1) is 14.9. The van der Waals surface area contributed by atoms with Crippen molar-refractivity contribution >= 4 is 16.9 Å². The Kier molecular flexibility index (Phi) is 7.05. The third-order valence-electron chi connectivity index (χ3n) is 5.06. The number of halogens is 2. The minimum Gasteiger partial charge on any atom is -0.444 e. The van der Waals surface area contributed by atoms with Crippen LogP contribution < -0.4 is 0 Å². The molecule has 8 heteroatoms. The van der Waals surface area contributed by atoms with Crippen molar-refractivity contribution in [3.05, 3.63) is 65.7 Å². The molecule has 0 aromatic heterocycles. The summed E-state index contributed by atoms with van der Waals surface area (Å²) in [5, 5.41) is 0. The molecule has 1 aliphatic heterocycles. The number of carbonyl (C=O) groups is 1. The van der Waals surface area contributed by atoms with E-state index in [4.69, 9.17) is 9.47 Å². The van der Waals surface area contributed by atoms with E-state index in [0.29, 0.717) is 10.5 Å². The molecule has 0 N–H and O–H groups in total. The number of amides is 1. The summed E-state index contributed by atoms with van der Waals surface area (Å²) in [6, 6.07) is 11.6. The van der Waals surface area contributed by atoms with Gasteiger partial charge in [-0.3, -0.25) is 9.11 Å². The fraction of sp³-hybridized carbons (Fsp3) is 0.458. The van der Waals surface area contributed by atoms with Gasteiger partial charge in [0.2, 0.25) is 0 Å². The summed E-state index contributed by atoms with van der Waals surface area (Å²) in [7, 11) is -1.39. The summed E-state index contributed by atoms with van der Waals surface area (Å²) in [5.41, 5.74) is -1.43. The number of ether oxygens (including phenoxy) is 2. The van der Waals surface area contributed by atoms with Crippen LogP contribution in [-0.2, 0) is 26.7 Å². The number of hydrogen-bond donors (Lipinski definition) is 0. The molecule has 0 bridgehead atoms. The van der Waals surface area contributed by atoms with Crippen LogP contribution in [0.25, 0.3) is 0 Å². The van der Waals surface area contributed by atoms with Crippen molar-refractivity contribution in [3.63, 3.8) is 0 Å². The number of nitrogens with zero attached hydrogens (tertiary/aromatic N) is 1. The maximum Gasteiger partial charge on any atom is 0.412 e. The van der Waals surface area contributed by atoms with Gasteiger partial charge in [-0.2, -0.15) is 0 Å². The van der Waals surface area contributed by atoms with E-state index >= 15 is 0 Å². The van der Waals surface area contributed by atoms with Gasteiger partial charge in [-0.1, -0.05) is 18.2 Å². The smallest absolute Gasteiger partial charge is 0.412 e. The first-order valence-electron chi connectivity index (χ1n) is 10.4. The van der Waals surface area contributed by atoms with Crippen molar-refractivity contribution in [3.8, 4) is 0 Å². The van der Waals surface area contributed by atoms with Crippen LogP contribution in [0.15, 0.2) is 53.4 Å². The van der Waals surface area contributed by atoms with Crippen LogP contribution in [0.5, 0.6) is 0 Å². The Labute approximate surface area is 190 Å². The molecule has 0 saturated carbocycles. The average molecular weight is 466 g/mol. The standard InChI is InChI=1S/C24H29F2NO4S/c1-23(2,3)31-22(28)27-20(13-16-11-17(25)14-18(26)12-16)21(30-24(27,4)5)15-32(29)19-9-7-6-8-10-19/h6-12,14,20-21H,13,15H2,1-5H3. The van der Waals surface area contributed by atoms with Gasteiger partial charge in [0.05, 0.1) is 28.7 Å². The number of carbonyl (C=O) groups excluding carboxylic acids is 1. The Bertz CT molecular complexity index is 971. The summed E-state index contributed by atoms with van der Waals surface area (Å²) >= 11 is 0. The molecular weight excluding hydrogens is 436 g/mol. The van der Waals surface area contributed by atoms with E-state index in [9.17, 15) is 17.8 Å². The fourth-order valence-corrected chi connectivity index (χ4v) is 5.14. The van der Waals surface area contributed by atoms with Crippen LogP contribution in [0.3, 0.4) is 0 Å². The van der Waals surface area contributed by atoms with Crippen LogP contribution in [0, 0.1) is 11.6 Å². The number of benzene rings is 2. The van der Waals surface area contributed by atoms with Crippen LogP contribution in [0.1, 0.15) is 40.2 Å². The number of rotatable bonds is 5. The minimum absolute atomic E-state index is 0.119. The zero-order chi connectivity index (χ0) is 23.7. The zero-order valence-electron chi connectivity index (χ0n) is 18.9. The lowest BCUT2D eigenvalue weighted by molar-refractivity contribution is -0.0749. The van der Waals surface area contributed by atoms with Crippen LogP contribution >= 0.6 is 0 Å². The fourth-order valence-electron chi connectivity index (χ4n) is 3.89. The summed E-state index contributed by atoms with van der Waals surface area (Å²) in [6.45, 7) is 8.72. The summed E-state index contributed by atoms with van der Waals surface area (Å²) in [6.07, 6.45) is -1.11. The Balaban J connectivity index is 1.94. The molecular formula is C24H29F2NO4S. The summed E-state index contributed by atoms with van der Waals surface area (Å²) in [5.74, 6) is -1.28. The van der Waals surface area contributed by atoms with Crippen molar-refractivity contribution in [1.29, 1.82) is 0 Å². The maximum atomic E-state index is 13.8. The summed E-state index contributed by atoms with van der Waals surface area (Å²) < 4.78 is 52.4. The van der Waals surface area contributed by atoms with E-state index in [2.05, 4.69) is 0 Å². The SMILES string of the molecule is CC(C)(C)OC(=O)N1C(Cc2cc(F)cc(F)c2)C(CS(=O)c2ccccc2)OC1(C)C. The highest BCUT2D eigenvalue weighted by Crippen LogP contribution is 2.36. The van der Waals surface area contributed by atoms with E-state index in [1.807, 2.05) is 6.07 Å². The predicted octanol–water partition coefficient (Wildman–Crippen LogP) is 5.06. The molecule has 1 amide bonds. The van der Waals surface area contributed by atoms with Crippen LogP contribution in [-0.4, -0.2) is 44.4 Å². The van der Waals surface area contributed by atoms with E-state index in [1.165, 1.54) is 17.0 Å². The van der Waals surface area contributed by atoms with Gasteiger partial charge in [0.15, 0.2) is 0 Å². The lowest BCUT2D eigenvalue weighted by Crippen LogP contribution is -2.51. The Morgan fingerprint density at radius 3 is 2.28 bits per heavy atom. The zero-order valence-corrected chi connectivity index (χ0v) is 19.7. The molecule has 2 aromatic carbocycles.